The fourth-order valence-corrected chi connectivity index (χ4v) is 4.34. The Bertz CT molecular complexity index is 928. The second-order valence-electron chi connectivity index (χ2n) is 7.09. The van der Waals surface area contributed by atoms with Crippen molar-refractivity contribution < 1.29 is 27.4 Å². The molecule has 3 rings (SSSR count). The van der Waals surface area contributed by atoms with E-state index in [9.17, 15) is 13.2 Å². The molecule has 0 aromatic heterocycles. The van der Waals surface area contributed by atoms with Gasteiger partial charge in [-0.3, -0.25) is 9.69 Å². The van der Waals surface area contributed by atoms with Crippen molar-refractivity contribution in [2.24, 2.45) is 0 Å². The monoisotopic (exact) mass is 448 g/mol. The molecule has 9 heteroatoms. The van der Waals surface area contributed by atoms with Crippen LogP contribution in [0.25, 0.3) is 0 Å². The zero-order chi connectivity index (χ0) is 22.1. The molecule has 2 aromatic rings. The van der Waals surface area contributed by atoms with Gasteiger partial charge in [0, 0.05) is 26.1 Å². The zero-order valence-electron chi connectivity index (χ0n) is 17.5. The lowest BCUT2D eigenvalue weighted by molar-refractivity contribution is -0.148. The van der Waals surface area contributed by atoms with E-state index in [1.165, 1.54) is 24.8 Å². The SMILES string of the molecule is COC(=O)[C@H](CNS(=O)(=O)c1ccc(OCCc2ccccc2)cc1)N1CCOCC1. The van der Waals surface area contributed by atoms with Gasteiger partial charge < -0.3 is 14.2 Å². The first-order chi connectivity index (χ1) is 15.0. The number of nitrogens with one attached hydrogen (secondary N) is 1. The predicted octanol–water partition coefficient (Wildman–Crippen LogP) is 1.46. The number of hydrogen-bond donors (Lipinski definition) is 1. The molecule has 1 atom stereocenters. The number of carbonyl (C=O) groups excluding carboxylic acids is 1. The van der Waals surface area contributed by atoms with Crippen LogP contribution in [0.2, 0.25) is 0 Å². The summed E-state index contributed by atoms with van der Waals surface area (Å²) in [6.07, 6.45) is 0.763. The second-order valence-corrected chi connectivity index (χ2v) is 8.86. The van der Waals surface area contributed by atoms with Gasteiger partial charge in [-0.2, -0.15) is 0 Å². The summed E-state index contributed by atoms with van der Waals surface area (Å²) in [6, 6.07) is 15.5. The summed E-state index contributed by atoms with van der Waals surface area (Å²) in [7, 11) is -2.49. The van der Waals surface area contributed by atoms with Crippen molar-refractivity contribution in [2.45, 2.75) is 17.4 Å². The highest BCUT2D eigenvalue weighted by atomic mass is 32.2. The number of hydrogen-bond acceptors (Lipinski definition) is 7. The van der Waals surface area contributed by atoms with E-state index >= 15 is 0 Å². The van der Waals surface area contributed by atoms with Gasteiger partial charge in [0.15, 0.2) is 0 Å². The van der Waals surface area contributed by atoms with E-state index in [-0.39, 0.29) is 11.4 Å². The Labute approximate surface area is 183 Å². The van der Waals surface area contributed by atoms with Crippen molar-refractivity contribution in [3.8, 4) is 5.75 Å². The lowest BCUT2D eigenvalue weighted by Crippen LogP contribution is -2.52. The number of nitrogens with zero attached hydrogens (tertiary/aromatic N) is 1. The molecule has 1 aliphatic heterocycles. The summed E-state index contributed by atoms with van der Waals surface area (Å²) in [5, 5.41) is 0. The van der Waals surface area contributed by atoms with Crippen LogP contribution in [-0.2, 0) is 30.7 Å². The van der Waals surface area contributed by atoms with Gasteiger partial charge in [-0.05, 0) is 29.8 Å². The maximum atomic E-state index is 12.7. The molecular formula is C22H28N2O6S. The number of esters is 1. The summed E-state index contributed by atoms with van der Waals surface area (Å²) in [4.78, 5) is 14.1. The molecule has 0 saturated carbocycles. The van der Waals surface area contributed by atoms with Crippen LogP contribution in [0, 0.1) is 0 Å². The van der Waals surface area contributed by atoms with Crippen LogP contribution < -0.4 is 9.46 Å². The maximum absolute atomic E-state index is 12.7. The van der Waals surface area contributed by atoms with Gasteiger partial charge in [0.05, 0.1) is 31.8 Å². The first-order valence-corrected chi connectivity index (χ1v) is 11.6. The molecule has 1 fully saturated rings. The van der Waals surface area contributed by atoms with Gasteiger partial charge in [-0.25, -0.2) is 13.1 Å². The molecular weight excluding hydrogens is 420 g/mol. The van der Waals surface area contributed by atoms with Crippen LogP contribution in [0.5, 0.6) is 5.75 Å². The number of methoxy groups -OCH3 is 1. The topological polar surface area (TPSA) is 94.2 Å². The molecule has 1 heterocycles. The average Bonchev–Trinajstić information content (AvgIpc) is 2.81. The van der Waals surface area contributed by atoms with E-state index in [2.05, 4.69) is 4.72 Å². The van der Waals surface area contributed by atoms with Crippen LogP contribution in [0.3, 0.4) is 0 Å². The van der Waals surface area contributed by atoms with Crippen molar-refractivity contribution in [1.82, 2.24) is 9.62 Å². The predicted molar refractivity (Wildman–Crippen MR) is 115 cm³/mol. The molecule has 1 aliphatic rings. The van der Waals surface area contributed by atoms with Crippen LogP contribution in [0.15, 0.2) is 59.5 Å². The van der Waals surface area contributed by atoms with Crippen molar-refractivity contribution in [2.75, 3.05) is 46.6 Å². The lowest BCUT2D eigenvalue weighted by atomic mass is 10.2. The molecule has 0 aliphatic carbocycles. The smallest absolute Gasteiger partial charge is 0.324 e. The van der Waals surface area contributed by atoms with Gasteiger partial charge in [0.2, 0.25) is 10.0 Å². The number of benzene rings is 2. The van der Waals surface area contributed by atoms with Crippen molar-refractivity contribution in [1.29, 1.82) is 0 Å². The number of carbonyl (C=O) groups is 1. The number of rotatable bonds is 10. The highest BCUT2D eigenvalue weighted by molar-refractivity contribution is 7.89. The highest BCUT2D eigenvalue weighted by Gasteiger charge is 2.30. The zero-order valence-corrected chi connectivity index (χ0v) is 18.3. The quantitative estimate of drug-likeness (QED) is 0.550. The van der Waals surface area contributed by atoms with E-state index in [1.807, 2.05) is 35.2 Å². The van der Waals surface area contributed by atoms with Gasteiger partial charge >= 0.3 is 5.97 Å². The maximum Gasteiger partial charge on any atom is 0.324 e. The lowest BCUT2D eigenvalue weighted by Gasteiger charge is -2.32. The summed E-state index contributed by atoms with van der Waals surface area (Å²) >= 11 is 0. The van der Waals surface area contributed by atoms with Crippen LogP contribution in [0.4, 0.5) is 0 Å². The minimum atomic E-state index is -3.79. The Morgan fingerprint density at radius 1 is 1.10 bits per heavy atom. The van der Waals surface area contributed by atoms with Gasteiger partial charge in [-0.15, -0.1) is 0 Å². The molecule has 1 saturated heterocycles. The molecule has 8 nitrogen and oxygen atoms in total. The molecule has 0 bridgehead atoms. The summed E-state index contributed by atoms with van der Waals surface area (Å²) in [6.45, 7) is 2.48. The summed E-state index contributed by atoms with van der Waals surface area (Å²) in [5.41, 5.74) is 1.17. The van der Waals surface area contributed by atoms with Gasteiger partial charge in [0.1, 0.15) is 11.8 Å². The standard InChI is InChI=1S/C22H28N2O6S/c1-28-22(25)21(24-12-15-29-16-13-24)17-23-31(26,27)20-9-7-19(8-10-20)30-14-11-18-5-3-2-4-6-18/h2-10,21,23H,11-17H2,1H3/t21-/m0/s1. The molecule has 31 heavy (non-hydrogen) atoms. The van der Waals surface area contributed by atoms with Crippen LogP contribution >= 0.6 is 0 Å². The number of ether oxygens (including phenoxy) is 3. The molecule has 168 valence electrons. The third kappa shape index (κ3) is 6.76. The first-order valence-electron chi connectivity index (χ1n) is 10.2. The minimum Gasteiger partial charge on any atom is -0.493 e. The highest BCUT2D eigenvalue weighted by Crippen LogP contribution is 2.17. The van der Waals surface area contributed by atoms with Crippen LogP contribution in [-0.4, -0.2) is 71.9 Å². The molecule has 1 N–H and O–H groups in total. The van der Waals surface area contributed by atoms with Gasteiger partial charge in [-0.1, -0.05) is 30.3 Å². The first kappa shape index (κ1) is 23.2. The van der Waals surface area contributed by atoms with Crippen molar-refractivity contribution in [3.05, 3.63) is 60.2 Å². The summed E-state index contributed by atoms with van der Waals surface area (Å²) < 4.78 is 43.8. The fraction of sp³-hybridized carbons (Fsp3) is 0.409. The minimum absolute atomic E-state index is 0.0790. The third-order valence-electron chi connectivity index (χ3n) is 5.06. The largest absolute Gasteiger partial charge is 0.493 e. The average molecular weight is 449 g/mol. The summed E-state index contributed by atoms with van der Waals surface area (Å²) in [5.74, 6) is 0.113. The van der Waals surface area contributed by atoms with Crippen LogP contribution in [0.1, 0.15) is 5.56 Å². The Morgan fingerprint density at radius 3 is 2.42 bits per heavy atom. The van der Waals surface area contributed by atoms with E-state index in [1.54, 1.807) is 12.1 Å². The van der Waals surface area contributed by atoms with E-state index in [0.717, 1.165) is 6.42 Å². The second kappa shape index (κ2) is 11.2. The molecule has 0 unspecified atom stereocenters. The molecule has 0 amide bonds. The Hall–Kier alpha value is -2.46. The normalized spacial score (nSPS) is 15.9. The Morgan fingerprint density at radius 2 is 1.77 bits per heavy atom. The molecule has 0 spiro atoms. The van der Waals surface area contributed by atoms with Crippen molar-refractivity contribution in [3.63, 3.8) is 0 Å². The molecule has 0 radical (unpaired) electrons. The van der Waals surface area contributed by atoms with Crippen molar-refractivity contribution >= 4 is 16.0 Å². The number of sulfonamides is 1. The van der Waals surface area contributed by atoms with Gasteiger partial charge in [0.25, 0.3) is 0 Å². The molecule has 2 aromatic carbocycles. The number of morpholine rings is 1. The van der Waals surface area contributed by atoms with E-state index < -0.39 is 22.0 Å². The van der Waals surface area contributed by atoms with E-state index in [4.69, 9.17) is 14.2 Å². The third-order valence-corrected chi connectivity index (χ3v) is 6.50. The Kier molecular flexibility index (Phi) is 8.42. The van der Waals surface area contributed by atoms with E-state index in [0.29, 0.717) is 38.7 Å². The fourth-order valence-electron chi connectivity index (χ4n) is 3.31. The Balaban J connectivity index is 1.55.